The van der Waals surface area contributed by atoms with E-state index in [2.05, 4.69) is 41.4 Å². The van der Waals surface area contributed by atoms with Crippen LogP contribution in [0.4, 0.5) is 0 Å². The van der Waals surface area contributed by atoms with Crippen molar-refractivity contribution < 1.29 is 4.74 Å². The lowest BCUT2D eigenvalue weighted by atomic mass is 9.96. The summed E-state index contributed by atoms with van der Waals surface area (Å²) in [6.07, 6.45) is 9.17. The van der Waals surface area contributed by atoms with E-state index in [4.69, 9.17) is 4.74 Å². The molecule has 2 nitrogen and oxygen atoms in total. The van der Waals surface area contributed by atoms with Gasteiger partial charge in [-0.2, -0.15) is 0 Å². The Morgan fingerprint density at radius 1 is 1.06 bits per heavy atom. The van der Waals surface area contributed by atoms with Crippen molar-refractivity contribution in [3.05, 3.63) is 48.0 Å². The zero-order chi connectivity index (χ0) is 12.2. The van der Waals surface area contributed by atoms with E-state index in [9.17, 15) is 0 Å². The number of nitrogens with zero attached hydrogens (tertiary/aromatic N) is 1. The Hall–Kier alpha value is -1.41. The summed E-state index contributed by atoms with van der Waals surface area (Å²) in [5.41, 5.74) is 1.23. The van der Waals surface area contributed by atoms with Crippen LogP contribution in [-0.2, 0) is 11.3 Å². The highest BCUT2D eigenvalue weighted by atomic mass is 16.5. The van der Waals surface area contributed by atoms with E-state index in [1.54, 1.807) is 0 Å². The van der Waals surface area contributed by atoms with E-state index >= 15 is 0 Å². The number of allylic oxidation sites excluding steroid dienone is 1. The largest absolute Gasteiger partial charge is 0.368 e. The van der Waals surface area contributed by atoms with Gasteiger partial charge in [0.2, 0.25) is 0 Å². The second-order valence-corrected chi connectivity index (χ2v) is 5.23. The van der Waals surface area contributed by atoms with Crippen LogP contribution < -0.4 is 0 Å². The molecule has 3 unspecified atom stereocenters. The van der Waals surface area contributed by atoms with Crippen LogP contribution in [-0.4, -0.2) is 18.9 Å². The van der Waals surface area contributed by atoms with Gasteiger partial charge in [-0.05, 0) is 30.2 Å². The van der Waals surface area contributed by atoms with Crippen molar-refractivity contribution in [2.45, 2.75) is 25.6 Å². The molecule has 18 heavy (non-hydrogen) atoms. The Bertz CT molecular complexity index is 438. The molecule has 3 atom stereocenters. The highest BCUT2D eigenvalue weighted by Gasteiger charge is 2.23. The second kappa shape index (κ2) is 5.49. The molecule has 1 heterocycles. The quantitative estimate of drug-likeness (QED) is 0.744. The van der Waals surface area contributed by atoms with Gasteiger partial charge in [-0.3, -0.25) is 4.99 Å². The normalized spacial score (nSPS) is 30.1. The van der Waals surface area contributed by atoms with Crippen LogP contribution in [0.5, 0.6) is 0 Å². The Morgan fingerprint density at radius 3 is 2.78 bits per heavy atom. The number of ether oxygens (including phenoxy) is 1. The predicted molar refractivity (Wildman–Crippen MR) is 73.7 cm³/mol. The Kier molecular flexibility index (Phi) is 3.56. The number of hydrogen-bond donors (Lipinski definition) is 0. The molecule has 0 fully saturated rings. The highest BCUT2D eigenvalue weighted by molar-refractivity contribution is 5.63. The van der Waals surface area contributed by atoms with E-state index in [-0.39, 0.29) is 6.10 Å². The second-order valence-electron chi connectivity index (χ2n) is 5.23. The first-order valence-corrected chi connectivity index (χ1v) is 6.74. The summed E-state index contributed by atoms with van der Waals surface area (Å²) in [5, 5.41) is 0. The molecule has 0 amide bonds. The minimum Gasteiger partial charge on any atom is -0.368 e. The molecule has 3 rings (SSSR count). The van der Waals surface area contributed by atoms with Crippen LogP contribution in [0.2, 0.25) is 0 Å². The molecule has 0 spiro atoms. The van der Waals surface area contributed by atoms with Gasteiger partial charge in [-0.1, -0.05) is 42.5 Å². The van der Waals surface area contributed by atoms with E-state index in [1.165, 1.54) is 12.0 Å². The molecular formula is C16H19NO. The van der Waals surface area contributed by atoms with Gasteiger partial charge in [-0.15, -0.1) is 0 Å². The number of aliphatic imine (C=N–C) groups is 1. The van der Waals surface area contributed by atoms with Gasteiger partial charge >= 0.3 is 0 Å². The minimum atomic E-state index is 0.166. The summed E-state index contributed by atoms with van der Waals surface area (Å²) in [4.78, 5) is 4.50. The van der Waals surface area contributed by atoms with Crippen molar-refractivity contribution >= 4 is 6.21 Å². The number of hydrogen-bond acceptors (Lipinski definition) is 2. The first-order chi connectivity index (χ1) is 8.90. The van der Waals surface area contributed by atoms with Gasteiger partial charge in [0.05, 0.1) is 12.7 Å². The Balaban J connectivity index is 1.58. The average Bonchev–Trinajstić information content (AvgIpc) is 2.84. The molecule has 0 aromatic heterocycles. The summed E-state index contributed by atoms with van der Waals surface area (Å²) in [7, 11) is 0. The topological polar surface area (TPSA) is 21.6 Å². The molecule has 94 valence electrons. The third kappa shape index (κ3) is 2.88. The van der Waals surface area contributed by atoms with E-state index in [0.29, 0.717) is 18.4 Å². The van der Waals surface area contributed by atoms with Crippen LogP contribution in [0.15, 0.2) is 47.5 Å². The summed E-state index contributed by atoms with van der Waals surface area (Å²) in [6, 6.07) is 10.3. The number of rotatable bonds is 3. The van der Waals surface area contributed by atoms with E-state index in [1.807, 2.05) is 12.3 Å². The molecule has 0 saturated carbocycles. The lowest BCUT2D eigenvalue weighted by Gasteiger charge is -2.20. The highest BCUT2D eigenvalue weighted by Crippen LogP contribution is 2.29. The van der Waals surface area contributed by atoms with Crippen molar-refractivity contribution in [1.29, 1.82) is 0 Å². The maximum absolute atomic E-state index is 5.97. The van der Waals surface area contributed by atoms with Crippen molar-refractivity contribution in [2.75, 3.05) is 6.54 Å². The average molecular weight is 241 g/mol. The third-order valence-electron chi connectivity index (χ3n) is 3.71. The van der Waals surface area contributed by atoms with Crippen LogP contribution in [0, 0.1) is 11.8 Å². The molecular weight excluding hydrogens is 222 g/mol. The van der Waals surface area contributed by atoms with Crippen molar-refractivity contribution in [3.8, 4) is 0 Å². The third-order valence-corrected chi connectivity index (χ3v) is 3.71. The van der Waals surface area contributed by atoms with Gasteiger partial charge in [0.1, 0.15) is 0 Å². The summed E-state index contributed by atoms with van der Waals surface area (Å²) in [6.45, 7) is 1.61. The zero-order valence-electron chi connectivity index (χ0n) is 10.5. The predicted octanol–water partition coefficient (Wildman–Crippen LogP) is 3.24. The van der Waals surface area contributed by atoms with Gasteiger partial charge in [0, 0.05) is 12.8 Å². The molecule has 0 N–H and O–H groups in total. The zero-order valence-corrected chi connectivity index (χ0v) is 10.5. The van der Waals surface area contributed by atoms with E-state index in [0.717, 1.165) is 13.0 Å². The van der Waals surface area contributed by atoms with Gasteiger partial charge in [0.15, 0.2) is 0 Å². The molecule has 1 aromatic carbocycles. The Labute approximate surface area is 108 Å². The maximum Gasteiger partial charge on any atom is 0.0931 e. The molecule has 2 heteroatoms. The lowest BCUT2D eigenvalue weighted by Crippen LogP contribution is -2.21. The fourth-order valence-corrected chi connectivity index (χ4v) is 2.73. The minimum absolute atomic E-state index is 0.166. The van der Waals surface area contributed by atoms with Crippen molar-refractivity contribution in [1.82, 2.24) is 0 Å². The van der Waals surface area contributed by atoms with E-state index < -0.39 is 0 Å². The smallest absolute Gasteiger partial charge is 0.0931 e. The number of benzene rings is 1. The maximum atomic E-state index is 5.97. The molecule has 0 saturated heterocycles. The molecule has 2 aliphatic rings. The van der Waals surface area contributed by atoms with Crippen LogP contribution in [0.3, 0.4) is 0 Å². The molecule has 2 bridgehead atoms. The fraction of sp³-hybridized carbons (Fsp3) is 0.438. The number of fused-ring (bicyclic) bond motifs is 2. The summed E-state index contributed by atoms with van der Waals surface area (Å²) in [5.74, 6) is 1.35. The van der Waals surface area contributed by atoms with Crippen LogP contribution in [0.1, 0.15) is 18.4 Å². The molecule has 1 aliphatic heterocycles. The van der Waals surface area contributed by atoms with Crippen molar-refractivity contribution in [2.24, 2.45) is 16.8 Å². The lowest BCUT2D eigenvalue weighted by molar-refractivity contribution is 0.0730. The molecule has 0 radical (unpaired) electrons. The fourth-order valence-electron chi connectivity index (χ4n) is 2.73. The first-order valence-electron chi connectivity index (χ1n) is 6.74. The Morgan fingerprint density at radius 2 is 1.89 bits per heavy atom. The molecule has 1 aromatic rings. The van der Waals surface area contributed by atoms with Gasteiger partial charge in [-0.25, -0.2) is 0 Å². The van der Waals surface area contributed by atoms with Gasteiger partial charge < -0.3 is 4.74 Å². The first kappa shape index (κ1) is 11.7. The van der Waals surface area contributed by atoms with Gasteiger partial charge in [0.25, 0.3) is 0 Å². The molecule has 1 aliphatic carbocycles. The summed E-state index contributed by atoms with van der Waals surface area (Å²) >= 11 is 0. The van der Waals surface area contributed by atoms with Crippen LogP contribution >= 0.6 is 0 Å². The monoisotopic (exact) mass is 241 g/mol. The summed E-state index contributed by atoms with van der Waals surface area (Å²) < 4.78 is 5.97. The van der Waals surface area contributed by atoms with Crippen molar-refractivity contribution in [3.63, 3.8) is 0 Å². The standard InChI is InChI=1S/C16H19NO/c1-2-4-13(5-3-1)12-18-16-9-14-6-7-15(8-14)10-17-11-16/h1-7,11,14-16H,8-10,12H2. The van der Waals surface area contributed by atoms with Crippen LogP contribution in [0.25, 0.3) is 0 Å². The SMILES string of the molecule is C1=CC2CC1CN=CC(OCc1ccccc1)C2.